The Morgan fingerprint density at radius 3 is 3.00 bits per heavy atom. The highest BCUT2D eigenvalue weighted by Gasteiger charge is 2.12. The van der Waals surface area contributed by atoms with Gasteiger partial charge in [0.25, 0.3) is 5.91 Å². The van der Waals surface area contributed by atoms with Crippen molar-refractivity contribution in [2.75, 3.05) is 13.2 Å². The smallest absolute Gasteiger partial charge is 0.268 e. The number of aryl methyl sites for hydroxylation is 1. The molecule has 0 atom stereocenters. The number of fused-ring (bicyclic) bond motifs is 1. The molecule has 0 bridgehead atoms. The second-order valence-electron chi connectivity index (χ2n) is 4.49. The van der Waals surface area contributed by atoms with Crippen LogP contribution in [-0.4, -0.2) is 23.7 Å². The fourth-order valence-electron chi connectivity index (χ4n) is 2.13. The minimum atomic E-state index is -0.0939. The Kier molecular flexibility index (Phi) is 3.23. The Balaban J connectivity index is 1.65. The Morgan fingerprint density at radius 1 is 1.32 bits per heavy atom. The molecule has 2 heterocycles. The van der Waals surface area contributed by atoms with Gasteiger partial charge in [-0.2, -0.15) is 0 Å². The van der Waals surface area contributed by atoms with Gasteiger partial charge < -0.3 is 9.47 Å². The number of rotatable bonds is 3. The number of carbonyl (C=O) groups excluding carboxylic acids is 1. The lowest BCUT2D eigenvalue weighted by atomic mass is 10.1. The maximum absolute atomic E-state index is 11.8. The van der Waals surface area contributed by atoms with E-state index in [-0.39, 0.29) is 12.5 Å². The van der Waals surface area contributed by atoms with Crippen LogP contribution in [0.1, 0.15) is 16.8 Å². The van der Waals surface area contributed by atoms with Crippen molar-refractivity contribution in [2.24, 2.45) is 0 Å². The highest BCUT2D eigenvalue weighted by molar-refractivity contribution is 5.80. The SMILES string of the molecule is O=C(COc1ccc2c(c1)OCCC2)n1cccc1. The number of carbonyl (C=O) groups is 1. The molecule has 0 aliphatic carbocycles. The predicted molar refractivity (Wildman–Crippen MR) is 70.8 cm³/mol. The first kappa shape index (κ1) is 11.8. The van der Waals surface area contributed by atoms with Gasteiger partial charge >= 0.3 is 0 Å². The second kappa shape index (κ2) is 5.18. The minimum absolute atomic E-state index is 0.0213. The van der Waals surface area contributed by atoms with Crippen LogP contribution in [0.4, 0.5) is 0 Å². The molecule has 1 aliphatic rings. The molecule has 0 spiro atoms. The number of aromatic nitrogens is 1. The third-order valence-electron chi connectivity index (χ3n) is 3.14. The molecule has 1 aromatic heterocycles. The number of benzene rings is 1. The van der Waals surface area contributed by atoms with E-state index in [1.165, 1.54) is 10.1 Å². The lowest BCUT2D eigenvalue weighted by molar-refractivity contribution is 0.0837. The summed E-state index contributed by atoms with van der Waals surface area (Å²) < 4.78 is 12.6. The largest absolute Gasteiger partial charge is 0.493 e. The van der Waals surface area contributed by atoms with Crippen LogP contribution in [0.3, 0.4) is 0 Å². The lowest BCUT2D eigenvalue weighted by Crippen LogP contribution is -2.17. The van der Waals surface area contributed by atoms with Gasteiger partial charge in [0.2, 0.25) is 0 Å². The van der Waals surface area contributed by atoms with Gasteiger partial charge in [-0.1, -0.05) is 6.07 Å². The van der Waals surface area contributed by atoms with Crippen molar-refractivity contribution in [1.82, 2.24) is 4.57 Å². The third kappa shape index (κ3) is 2.62. The summed E-state index contributed by atoms with van der Waals surface area (Å²) in [5.74, 6) is 1.45. The van der Waals surface area contributed by atoms with Gasteiger partial charge in [-0.05, 0) is 36.6 Å². The summed E-state index contributed by atoms with van der Waals surface area (Å²) in [7, 11) is 0. The van der Waals surface area contributed by atoms with Crippen molar-refractivity contribution < 1.29 is 14.3 Å². The van der Waals surface area contributed by atoms with Crippen LogP contribution in [0.25, 0.3) is 0 Å². The Bertz CT molecular complexity index is 575. The van der Waals surface area contributed by atoms with Crippen molar-refractivity contribution in [2.45, 2.75) is 12.8 Å². The molecule has 0 amide bonds. The van der Waals surface area contributed by atoms with Crippen molar-refractivity contribution >= 4 is 5.91 Å². The highest BCUT2D eigenvalue weighted by atomic mass is 16.5. The van der Waals surface area contributed by atoms with Gasteiger partial charge in [-0.15, -0.1) is 0 Å². The molecule has 4 heteroatoms. The first-order valence-electron chi connectivity index (χ1n) is 6.37. The summed E-state index contributed by atoms with van der Waals surface area (Å²) in [6, 6.07) is 9.37. The standard InChI is InChI=1S/C15H15NO3/c17-15(16-7-1-2-8-16)11-19-13-6-5-12-4-3-9-18-14(12)10-13/h1-2,5-8,10H,3-4,9,11H2. The van der Waals surface area contributed by atoms with Crippen molar-refractivity contribution in [3.63, 3.8) is 0 Å². The van der Waals surface area contributed by atoms with E-state index in [4.69, 9.17) is 9.47 Å². The van der Waals surface area contributed by atoms with Crippen LogP contribution in [0.15, 0.2) is 42.7 Å². The molecule has 0 saturated heterocycles. The summed E-state index contributed by atoms with van der Waals surface area (Å²) in [5, 5.41) is 0. The predicted octanol–water partition coefficient (Wildman–Crippen LogP) is 2.53. The Morgan fingerprint density at radius 2 is 2.16 bits per heavy atom. The average molecular weight is 257 g/mol. The fourth-order valence-corrected chi connectivity index (χ4v) is 2.13. The third-order valence-corrected chi connectivity index (χ3v) is 3.14. The average Bonchev–Trinajstić information content (AvgIpc) is 2.99. The lowest BCUT2D eigenvalue weighted by Gasteiger charge is -2.17. The molecule has 0 unspecified atom stereocenters. The van der Waals surface area contributed by atoms with E-state index in [0.717, 1.165) is 25.2 Å². The maximum Gasteiger partial charge on any atom is 0.268 e. The number of hydrogen-bond acceptors (Lipinski definition) is 3. The zero-order chi connectivity index (χ0) is 13.1. The van der Waals surface area contributed by atoms with Gasteiger partial charge in [0.05, 0.1) is 6.61 Å². The van der Waals surface area contributed by atoms with E-state index in [1.54, 1.807) is 12.4 Å². The molecule has 1 aliphatic heterocycles. The zero-order valence-electron chi connectivity index (χ0n) is 10.5. The molecule has 2 aromatic rings. The van der Waals surface area contributed by atoms with Gasteiger partial charge in [-0.25, -0.2) is 0 Å². The molecule has 98 valence electrons. The van der Waals surface area contributed by atoms with E-state index in [0.29, 0.717) is 5.75 Å². The van der Waals surface area contributed by atoms with E-state index in [9.17, 15) is 4.79 Å². The molecule has 19 heavy (non-hydrogen) atoms. The molecule has 0 saturated carbocycles. The zero-order valence-corrected chi connectivity index (χ0v) is 10.5. The maximum atomic E-state index is 11.8. The Labute approximate surface area is 111 Å². The van der Waals surface area contributed by atoms with Gasteiger partial charge in [0, 0.05) is 18.5 Å². The summed E-state index contributed by atoms with van der Waals surface area (Å²) in [6.07, 6.45) is 5.51. The normalized spacial score (nSPS) is 13.5. The minimum Gasteiger partial charge on any atom is -0.493 e. The quantitative estimate of drug-likeness (QED) is 0.848. The topological polar surface area (TPSA) is 40.5 Å². The molecule has 4 nitrogen and oxygen atoms in total. The van der Waals surface area contributed by atoms with Gasteiger partial charge in [-0.3, -0.25) is 9.36 Å². The van der Waals surface area contributed by atoms with Crippen molar-refractivity contribution in [3.05, 3.63) is 48.3 Å². The number of hydrogen-bond donors (Lipinski definition) is 0. The van der Waals surface area contributed by atoms with Crippen LogP contribution < -0.4 is 9.47 Å². The second-order valence-corrected chi connectivity index (χ2v) is 4.49. The molecular weight excluding hydrogens is 242 g/mol. The monoisotopic (exact) mass is 257 g/mol. The molecule has 0 radical (unpaired) electrons. The van der Waals surface area contributed by atoms with E-state index < -0.39 is 0 Å². The number of nitrogens with zero attached hydrogens (tertiary/aromatic N) is 1. The van der Waals surface area contributed by atoms with Crippen LogP contribution in [0, 0.1) is 0 Å². The first-order valence-corrected chi connectivity index (χ1v) is 6.37. The molecular formula is C15H15NO3. The summed E-state index contributed by atoms with van der Waals surface area (Å²) in [6.45, 7) is 0.770. The van der Waals surface area contributed by atoms with E-state index in [2.05, 4.69) is 0 Å². The molecule has 0 N–H and O–H groups in total. The summed E-state index contributed by atoms with van der Waals surface area (Å²) in [5.41, 5.74) is 1.20. The summed E-state index contributed by atoms with van der Waals surface area (Å²) >= 11 is 0. The van der Waals surface area contributed by atoms with Crippen LogP contribution in [0.5, 0.6) is 11.5 Å². The highest BCUT2D eigenvalue weighted by Crippen LogP contribution is 2.28. The van der Waals surface area contributed by atoms with Gasteiger partial charge in [0.1, 0.15) is 11.5 Å². The summed E-state index contributed by atoms with van der Waals surface area (Å²) in [4.78, 5) is 11.8. The van der Waals surface area contributed by atoms with Crippen molar-refractivity contribution in [3.8, 4) is 11.5 Å². The van der Waals surface area contributed by atoms with E-state index in [1.807, 2.05) is 30.3 Å². The van der Waals surface area contributed by atoms with Crippen LogP contribution in [-0.2, 0) is 6.42 Å². The van der Waals surface area contributed by atoms with Crippen LogP contribution in [0.2, 0.25) is 0 Å². The van der Waals surface area contributed by atoms with Crippen LogP contribution >= 0.6 is 0 Å². The molecule has 1 aromatic carbocycles. The molecule has 3 rings (SSSR count). The Hall–Kier alpha value is -2.23. The number of ether oxygens (including phenoxy) is 2. The van der Waals surface area contributed by atoms with Crippen molar-refractivity contribution in [1.29, 1.82) is 0 Å². The fraction of sp³-hybridized carbons (Fsp3) is 0.267. The van der Waals surface area contributed by atoms with E-state index >= 15 is 0 Å². The van der Waals surface area contributed by atoms with Gasteiger partial charge in [0.15, 0.2) is 6.61 Å². The first-order chi connectivity index (χ1) is 9.33. The molecule has 0 fully saturated rings.